The van der Waals surface area contributed by atoms with Crippen molar-refractivity contribution in [3.8, 4) is 5.75 Å². The lowest BCUT2D eigenvalue weighted by Gasteiger charge is -2.14. The van der Waals surface area contributed by atoms with E-state index in [1.807, 2.05) is 0 Å². The van der Waals surface area contributed by atoms with Crippen LogP contribution in [0.2, 0.25) is 0 Å². The molecule has 0 unspecified atom stereocenters. The molecule has 0 N–H and O–H groups in total. The van der Waals surface area contributed by atoms with Crippen molar-refractivity contribution in [1.82, 2.24) is 4.98 Å². The third-order valence-electron chi connectivity index (χ3n) is 3.96. The smallest absolute Gasteiger partial charge is 0.416 e. The number of carbonyl (C=O) groups is 1. The largest absolute Gasteiger partial charge is 0.543 e. The number of carboxylic acid groups (broad SMARTS) is 1. The highest BCUT2D eigenvalue weighted by Crippen LogP contribution is 2.34. The van der Waals surface area contributed by atoms with Gasteiger partial charge in [0.05, 0.1) is 22.2 Å². The van der Waals surface area contributed by atoms with Crippen LogP contribution in [0.4, 0.5) is 26.3 Å². The molecule has 3 rings (SSSR count). The molecule has 158 valence electrons. The lowest BCUT2D eigenvalue weighted by Crippen LogP contribution is -2.22. The van der Waals surface area contributed by atoms with E-state index < -0.39 is 41.8 Å². The van der Waals surface area contributed by atoms with Gasteiger partial charge in [-0.1, -0.05) is 0 Å². The van der Waals surface area contributed by atoms with Crippen molar-refractivity contribution in [2.75, 3.05) is 0 Å². The molecule has 0 bridgehead atoms. The molecule has 0 fully saturated rings. The van der Waals surface area contributed by atoms with Gasteiger partial charge in [-0.05, 0) is 24.3 Å². The Labute approximate surface area is 169 Å². The standard InChI is InChI=1S/C19H11F6NO3S/c20-12-6-14(22)13(21)4-10(12)7-29-16-2-1-11(19(23,24)25)3-9(16)5-17-26-15(8-30-17)18(27)28/h1-4,6,8H,5,7H2,(H,27,28)/p-1. The normalized spacial score (nSPS) is 11.5. The number of ether oxygens (including phenoxy) is 1. The number of benzene rings is 2. The van der Waals surface area contributed by atoms with E-state index in [0.717, 1.165) is 29.5 Å². The van der Waals surface area contributed by atoms with Crippen LogP contribution in [-0.4, -0.2) is 11.0 Å². The van der Waals surface area contributed by atoms with Crippen molar-refractivity contribution < 1.29 is 41.0 Å². The predicted octanol–water partition coefficient (Wildman–Crippen LogP) is 4.11. The molecule has 3 aromatic rings. The summed E-state index contributed by atoms with van der Waals surface area (Å²) in [7, 11) is 0. The Morgan fingerprint density at radius 2 is 1.73 bits per heavy atom. The van der Waals surface area contributed by atoms with E-state index in [2.05, 4.69) is 4.98 Å². The lowest BCUT2D eigenvalue weighted by atomic mass is 10.1. The van der Waals surface area contributed by atoms with Crippen molar-refractivity contribution in [2.45, 2.75) is 19.2 Å². The minimum Gasteiger partial charge on any atom is -0.543 e. The summed E-state index contributed by atoms with van der Waals surface area (Å²) >= 11 is 0.895. The first-order valence-electron chi connectivity index (χ1n) is 8.16. The van der Waals surface area contributed by atoms with Crippen LogP contribution in [0.15, 0.2) is 35.7 Å². The summed E-state index contributed by atoms with van der Waals surface area (Å²) in [6.07, 6.45) is -4.87. The van der Waals surface area contributed by atoms with Crippen molar-refractivity contribution in [3.05, 3.63) is 80.6 Å². The van der Waals surface area contributed by atoms with Gasteiger partial charge in [0.25, 0.3) is 0 Å². The van der Waals surface area contributed by atoms with Gasteiger partial charge in [-0.15, -0.1) is 11.3 Å². The third-order valence-corrected chi connectivity index (χ3v) is 4.81. The average Bonchev–Trinajstić information content (AvgIpc) is 3.12. The molecule has 0 aliphatic rings. The molecule has 0 saturated heterocycles. The van der Waals surface area contributed by atoms with Crippen LogP contribution in [0.25, 0.3) is 0 Å². The van der Waals surface area contributed by atoms with E-state index in [9.17, 15) is 36.2 Å². The number of hydrogen-bond acceptors (Lipinski definition) is 5. The minimum atomic E-state index is -4.65. The highest BCUT2D eigenvalue weighted by atomic mass is 32.1. The van der Waals surface area contributed by atoms with Crippen LogP contribution in [0.3, 0.4) is 0 Å². The first-order chi connectivity index (χ1) is 14.0. The maximum absolute atomic E-state index is 13.8. The number of nitrogens with zero attached hydrogens (tertiary/aromatic N) is 1. The van der Waals surface area contributed by atoms with Crippen LogP contribution < -0.4 is 9.84 Å². The van der Waals surface area contributed by atoms with Gasteiger partial charge in [-0.3, -0.25) is 0 Å². The van der Waals surface area contributed by atoms with Crippen LogP contribution in [-0.2, 0) is 19.2 Å². The van der Waals surface area contributed by atoms with Crippen molar-refractivity contribution in [3.63, 3.8) is 0 Å². The van der Waals surface area contributed by atoms with E-state index in [0.29, 0.717) is 12.1 Å². The fourth-order valence-electron chi connectivity index (χ4n) is 2.51. The average molecular weight is 446 g/mol. The van der Waals surface area contributed by atoms with Gasteiger partial charge < -0.3 is 14.6 Å². The summed E-state index contributed by atoms with van der Waals surface area (Å²) < 4.78 is 84.7. The molecule has 0 radical (unpaired) electrons. The number of hydrogen-bond donors (Lipinski definition) is 0. The quantitative estimate of drug-likeness (QED) is 0.422. The molecule has 1 aromatic heterocycles. The highest BCUT2D eigenvalue weighted by molar-refractivity contribution is 7.09. The molecule has 0 spiro atoms. The molecule has 0 saturated carbocycles. The summed E-state index contributed by atoms with van der Waals surface area (Å²) in [6.45, 7) is -0.580. The van der Waals surface area contributed by atoms with Gasteiger partial charge in [-0.25, -0.2) is 18.2 Å². The van der Waals surface area contributed by atoms with Gasteiger partial charge in [0, 0.05) is 29.0 Å². The first-order valence-corrected chi connectivity index (χ1v) is 9.04. The number of rotatable bonds is 6. The molecule has 0 aliphatic heterocycles. The Balaban J connectivity index is 1.90. The number of carbonyl (C=O) groups excluding carboxylic acids is 1. The second-order valence-corrected chi connectivity index (χ2v) is 7.00. The van der Waals surface area contributed by atoms with Gasteiger partial charge in [0.2, 0.25) is 0 Å². The maximum Gasteiger partial charge on any atom is 0.416 e. The highest BCUT2D eigenvalue weighted by Gasteiger charge is 2.31. The van der Waals surface area contributed by atoms with Gasteiger partial charge >= 0.3 is 6.18 Å². The van der Waals surface area contributed by atoms with Crippen molar-refractivity contribution >= 4 is 17.3 Å². The van der Waals surface area contributed by atoms with Crippen LogP contribution in [0, 0.1) is 17.5 Å². The minimum absolute atomic E-state index is 0.00735. The monoisotopic (exact) mass is 446 g/mol. The zero-order chi connectivity index (χ0) is 22.1. The van der Waals surface area contributed by atoms with Gasteiger partial charge in [-0.2, -0.15) is 13.2 Å². The van der Waals surface area contributed by atoms with E-state index in [1.54, 1.807) is 0 Å². The second kappa shape index (κ2) is 8.34. The SMILES string of the molecule is O=C([O-])c1csc(Cc2cc(C(F)(F)F)ccc2OCc2cc(F)c(F)cc2F)n1. The number of aromatic nitrogens is 1. The Morgan fingerprint density at radius 3 is 2.37 bits per heavy atom. The van der Waals surface area contributed by atoms with Crippen LogP contribution in [0.1, 0.15) is 32.2 Å². The number of thiazole rings is 1. The Hall–Kier alpha value is -3.08. The number of halogens is 6. The number of aromatic carboxylic acids is 1. The van der Waals surface area contributed by atoms with E-state index in [-0.39, 0.29) is 34.0 Å². The maximum atomic E-state index is 13.8. The number of alkyl halides is 3. The summed E-state index contributed by atoms with van der Waals surface area (Å²) in [5, 5.41) is 12.2. The molecule has 11 heteroatoms. The summed E-state index contributed by atoms with van der Waals surface area (Å²) in [5.41, 5.74) is -1.70. The van der Waals surface area contributed by atoms with Gasteiger partial charge in [0.15, 0.2) is 11.6 Å². The Kier molecular flexibility index (Phi) is 6.01. The molecule has 1 heterocycles. The molecular formula is C19H10F6NO3S-. The Bertz CT molecular complexity index is 1100. The van der Waals surface area contributed by atoms with E-state index in [4.69, 9.17) is 4.74 Å². The van der Waals surface area contributed by atoms with E-state index in [1.165, 1.54) is 5.38 Å². The molecule has 0 aliphatic carbocycles. The van der Waals surface area contributed by atoms with Crippen LogP contribution in [0.5, 0.6) is 5.75 Å². The fourth-order valence-corrected chi connectivity index (χ4v) is 3.30. The fraction of sp³-hybridized carbons (Fsp3) is 0.158. The van der Waals surface area contributed by atoms with Crippen LogP contribution >= 0.6 is 11.3 Å². The predicted molar refractivity (Wildman–Crippen MR) is 91.3 cm³/mol. The lowest BCUT2D eigenvalue weighted by molar-refractivity contribution is -0.255. The molecule has 30 heavy (non-hydrogen) atoms. The van der Waals surface area contributed by atoms with E-state index >= 15 is 0 Å². The zero-order valence-corrected chi connectivity index (χ0v) is 15.5. The second-order valence-electron chi connectivity index (χ2n) is 6.06. The topological polar surface area (TPSA) is 62.2 Å². The summed E-state index contributed by atoms with van der Waals surface area (Å²) in [6, 6.07) is 3.45. The molecule has 0 atom stereocenters. The molecular weight excluding hydrogens is 436 g/mol. The summed E-state index contributed by atoms with van der Waals surface area (Å²) in [4.78, 5) is 14.6. The number of carboxylic acids is 1. The first kappa shape index (κ1) is 21.6. The summed E-state index contributed by atoms with van der Waals surface area (Å²) in [5.74, 6) is -5.40. The molecule has 0 amide bonds. The van der Waals surface area contributed by atoms with Crippen molar-refractivity contribution in [2.24, 2.45) is 0 Å². The van der Waals surface area contributed by atoms with Gasteiger partial charge in [0.1, 0.15) is 18.2 Å². The molecule has 4 nitrogen and oxygen atoms in total. The third kappa shape index (κ3) is 4.90. The Morgan fingerprint density at radius 1 is 1.03 bits per heavy atom. The zero-order valence-electron chi connectivity index (χ0n) is 14.7. The van der Waals surface area contributed by atoms with Crippen molar-refractivity contribution in [1.29, 1.82) is 0 Å². The molecule has 2 aromatic carbocycles.